The van der Waals surface area contributed by atoms with Crippen molar-refractivity contribution in [2.75, 3.05) is 45.9 Å². The van der Waals surface area contributed by atoms with Crippen molar-refractivity contribution >= 4 is 11.1 Å². The van der Waals surface area contributed by atoms with Crippen LogP contribution < -0.4 is 5.76 Å². The number of para-hydroxylation sites is 2. The van der Waals surface area contributed by atoms with Crippen LogP contribution in [0, 0.1) is 0 Å². The van der Waals surface area contributed by atoms with Gasteiger partial charge in [0, 0.05) is 52.4 Å². The molecule has 2 saturated heterocycles. The average molecular weight is 331 g/mol. The van der Waals surface area contributed by atoms with E-state index in [0.29, 0.717) is 18.2 Å². The summed E-state index contributed by atoms with van der Waals surface area (Å²) in [7, 11) is 0. The van der Waals surface area contributed by atoms with Crippen LogP contribution in [0.5, 0.6) is 0 Å². The molecule has 130 valence electrons. The predicted molar refractivity (Wildman–Crippen MR) is 92.3 cm³/mol. The molecule has 0 amide bonds. The van der Waals surface area contributed by atoms with Gasteiger partial charge in [0.2, 0.25) is 0 Å². The van der Waals surface area contributed by atoms with E-state index in [9.17, 15) is 4.79 Å². The molecule has 2 aliphatic rings. The number of aromatic nitrogens is 1. The molecule has 2 aliphatic heterocycles. The number of ether oxygens (including phenoxy) is 1. The van der Waals surface area contributed by atoms with Gasteiger partial charge < -0.3 is 9.15 Å². The first kappa shape index (κ1) is 15.9. The summed E-state index contributed by atoms with van der Waals surface area (Å²) in [6.07, 6.45) is 2.85. The van der Waals surface area contributed by atoms with Gasteiger partial charge in [-0.2, -0.15) is 0 Å². The maximum Gasteiger partial charge on any atom is 0.419 e. The number of fused-ring (bicyclic) bond motifs is 1. The van der Waals surface area contributed by atoms with Gasteiger partial charge in [-0.25, -0.2) is 4.79 Å². The first-order valence-corrected chi connectivity index (χ1v) is 8.94. The van der Waals surface area contributed by atoms with Crippen LogP contribution in [0.3, 0.4) is 0 Å². The minimum absolute atomic E-state index is 0.256. The Bertz CT molecular complexity index is 724. The lowest BCUT2D eigenvalue weighted by Crippen LogP contribution is -2.49. The zero-order valence-corrected chi connectivity index (χ0v) is 14.0. The molecule has 0 spiro atoms. The van der Waals surface area contributed by atoms with E-state index in [2.05, 4.69) is 9.80 Å². The van der Waals surface area contributed by atoms with Gasteiger partial charge in [0.25, 0.3) is 0 Å². The van der Waals surface area contributed by atoms with Crippen molar-refractivity contribution in [2.45, 2.75) is 25.5 Å². The third-order valence-electron chi connectivity index (χ3n) is 5.16. The number of hydrogen-bond acceptors (Lipinski definition) is 5. The SMILES string of the molecule is O=c1oc2ccccc2n1CCN1CCN(C[C@@H]2CCCO2)CC1. The number of nitrogens with zero attached hydrogens (tertiary/aromatic N) is 3. The lowest BCUT2D eigenvalue weighted by atomic mass is 10.2. The molecule has 6 nitrogen and oxygen atoms in total. The number of rotatable bonds is 5. The quantitative estimate of drug-likeness (QED) is 0.829. The molecule has 0 radical (unpaired) electrons. The zero-order chi connectivity index (χ0) is 16.4. The second-order valence-corrected chi connectivity index (χ2v) is 6.76. The van der Waals surface area contributed by atoms with Crippen LogP contribution in [0.2, 0.25) is 0 Å². The molecule has 0 aliphatic carbocycles. The van der Waals surface area contributed by atoms with E-state index in [1.54, 1.807) is 4.57 Å². The van der Waals surface area contributed by atoms with Crippen molar-refractivity contribution in [2.24, 2.45) is 0 Å². The minimum Gasteiger partial charge on any atom is -0.408 e. The Morgan fingerprint density at radius 2 is 1.83 bits per heavy atom. The van der Waals surface area contributed by atoms with Crippen LogP contribution in [-0.2, 0) is 11.3 Å². The molecular formula is C18H25N3O3. The maximum absolute atomic E-state index is 12.0. The maximum atomic E-state index is 12.0. The highest BCUT2D eigenvalue weighted by molar-refractivity contribution is 5.72. The van der Waals surface area contributed by atoms with Gasteiger partial charge in [-0.3, -0.25) is 14.4 Å². The van der Waals surface area contributed by atoms with Gasteiger partial charge >= 0.3 is 5.76 Å². The molecule has 2 fully saturated rings. The van der Waals surface area contributed by atoms with Crippen molar-refractivity contribution in [3.8, 4) is 0 Å². The van der Waals surface area contributed by atoms with Gasteiger partial charge in [-0.1, -0.05) is 12.1 Å². The van der Waals surface area contributed by atoms with Crippen molar-refractivity contribution < 1.29 is 9.15 Å². The summed E-state index contributed by atoms with van der Waals surface area (Å²) in [6.45, 7) is 7.84. The molecule has 6 heteroatoms. The molecule has 1 aromatic heterocycles. The molecular weight excluding hydrogens is 306 g/mol. The lowest BCUT2D eigenvalue weighted by molar-refractivity contribution is 0.0498. The zero-order valence-electron chi connectivity index (χ0n) is 14.0. The molecule has 2 aromatic rings. The molecule has 0 unspecified atom stereocenters. The highest BCUT2D eigenvalue weighted by Crippen LogP contribution is 2.15. The highest BCUT2D eigenvalue weighted by Gasteiger charge is 2.22. The molecule has 3 heterocycles. The second kappa shape index (κ2) is 7.09. The number of piperazine rings is 1. The van der Waals surface area contributed by atoms with E-state index >= 15 is 0 Å². The van der Waals surface area contributed by atoms with Crippen LogP contribution in [0.15, 0.2) is 33.5 Å². The lowest BCUT2D eigenvalue weighted by Gasteiger charge is -2.35. The van der Waals surface area contributed by atoms with Gasteiger partial charge in [-0.05, 0) is 25.0 Å². The van der Waals surface area contributed by atoms with Crippen molar-refractivity contribution in [1.29, 1.82) is 0 Å². The highest BCUT2D eigenvalue weighted by atomic mass is 16.5. The standard InChI is InChI=1S/C18H25N3O3/c22-18-21(16-5-1-2-6-17(16)24-18)12-11-19-7-9-20(10-8-19)14-15-4-3-13-23-15/h1-2,5-6,15H,3-4,7-14H2/t15-/m0/s1. The molecule has 4 rings (SSSR count). The van der Waals surface area contributed by atoms with Crippen molar-refractivity contribution in [3.05, 3.63) is 34.8 Å². The fourth-order valence-corrected chi connectivity index (χ4v) is 3.74. The molecule has 0 saturated carbocycles. The van der Waals surface area contributed by atoms with Gasteiger partial charge in [0.05, 0.1) is 11.6 Å². The monoisotopic (exact) mass is 331 g/mol. The van der Waals surface area contributed by atoms with E-state index in [0.717, 1.165) is 51.4 Å². The summed E-state index contributed by atoms with van der Waals surface area (Å²) >= 11 is 0. The summed E-state index contributed by atoms with van der Waals surface area (Å²) in [4.78, 5) is 16.9. The minimum atomic E-state index is -0.256. The Labute approximate surface area is 141 Å². The van der Waals surface area contributed by atoms with E-state index in [-0.39, 0.29) is 5.76 Å². The molecule has 1 atom stereocenters. The molecule has 1 aromatic carbocycles. The summed E-state index contributed by atoms with van der Waals surface area (Å²) in [5.41, 5.74) is 1.56. The number of oxazole rings is 1. The van der Waals surface area contributed by atoms with Crippen LogP contribution in [0.25, 0.3) is 11.1 Å². The normalized spacial score (nSPS) is 23.2. The van der Waals surface area contributed by atoms with Gasteiger partial charge in [0.15, 0.2) is 5.58 Å². The molecule has 0 bridgehead atoms. The van der Waals surface area contributed by atoms with Gasteiger partial charge in [-0.15, -0.1) is 0 Å². The Morgan fingerprint density at radius 3 is 2.62 bits per heavy atom. The van der Waals surface area contributed by atoms with Crippen LogP contribution in [0.1, 0.15) is 12.8 Å². The van der Waals surface area contributed by atoms with E-state index in [4.69, 9.17) is 9.15 Å². The van der Waals surface area contributed by atoms with Crippen LogP contribution in [-0.4, -0.2) is 66.3 Å². The van der Waals surface area contributed by atoms with Gasteiger partial charge in [0.1, 0.15) is 0 Å². The third-order valence-corrected chi connectivity index (χ3v) is 5.16. The smallest absolute Gasteiger partial charge is 0.408 e. The number of hydrogen-bond donors (Lipinski definition) is 0. The summed E-state index contributed by atoms with van der Waals surface area (Å²) in [5, 5.41) is 0. The Kier molecular flexibility index (Phi) is 4.69. The first-order valence-electron chi connectivity index (χ1n) is 8.94. The largest absolute Gasteiger partial charge is 0.419 e. The summed E-state index contributed by atoms with van der Waals surface area (Å²) < 4.78 is 12.8. The topological polar surface area (TPSA) is 50.9 Å². The Balaban J connectivity index is 1.29. The van der Waals surface area contributed by atoms with E-state index in [1.807, 2.05) is 24.3 Å². The van der Waals surface area contributed by atoms with Crippen molar-refractivity contribution in [1.82, 2.24) is 14.4 Å². The van der Waals surface area contributed by atoms with E-state index < -0.39 is 0 Å². The van der Waals surface area contributed by atoms with E-state index in [1.165, 1.54) is 12.8 Å². The average Bonchev–Trinajstić information content (AvgIpc) is 3.21. The summed E-state index contributed by atoms with van der Waals surface area (Å²) in [5.74, 6) is -0.256. The fourth-order valence-electron chi connectivity index (χ4n) is 3.74. The molecule has 0 N–H and O–H groups in total. The number of benzene rings is 1. The predicted octanol–water partition coefficient (Wildman–Crippen LogP) is 1.39. The van der Waals surface area contributed by atoms with Crippen LogP contribution in [0.4, 0.5) is 0 Å². The third kappa shape index (κ3) is 3.41. The molecule has 24 heavy (non-hydrogen) atoms. The van der Waals surface area contributed by atoms with Crippen molar-refractivity contribution in [3.63, 3.8) is 0 Å². The van der Waals surface area contributed by atoms with Crippen LogP contribution >= 0.6 is 0 Å². The Hall–Kier alpha value is -1.63. The summed E-state index contributed by atoms with van der Waals surface area (Å²) in [6, 6.07) is 7.62. The Morgan fingerprint density at radius 1 is 1.04 bits per heavy atom. The second-order valence-electron chi connectivity index (χ2n) is 6.76. The fraction of sp³-hybridized carbons (Fsp3) is 0.611. The first-order chi connectivity index (χ1) is 11.8.